The van der Waals surface area contributed by atoms with Gasteiger partial charge in [0.15, 0.2) is 0 Å². The molecule has 0 radical (unpaired) electrons. The van der Waals surface area contributed by atoms with Crippen molar-refractivity contribution in [3.8, 4) is 22.6 Å². The topological polar surface area (TPSA) is 87.7 Å². The molecule has 1 aliphatic rings. The zero-order valence-corrected chi connectivity index (χ0v) is 27.8. The first-order valence-corrected chi connectivity index (χ1v) is 17.3. The van der Waals surface area contributed by atoms with Crippen molar-refractivity contribution in [3.63, 3.8) is 0 Å². The van der Waals surface area contributed by atoms with Gasteiger partial charge in [0.25, 0.3) is 0 Å². The average Bonchev–Trinajstić information content (AvgIpc) is 3.59. The fourth-order valence-corrected chi connectivity index (χ4v) is 7.02. The Morgan fingerprint density at radius 3 is 2.58 bits per heavy atom. The summed E-state index contributed by atoms with van der Waals surface area (Å²) < 4.78 is 22.3. The average molecular weight is 660 g/mol. The number of carbonyl (C=O) groups is 1. The summed E-state index contributed by atoms with van der Waals surface area (Å²) >= 11 is 1.68. The number of thioether (sulfide) groups is 1. The fourth-order valence-electron chi connectivity index (χ4n) is 6.61. The van der Waals surface area contributed by atoms with Crippen molar-refractivity contribution in [2.45, 2.75) is 37.5 Å². The molecule has 4 aromatic carbocycles. The Bertz CT molecular complexity index is 2120. The third-order valence-electron chi connectivity index (χ3n) is 8.82. The number of carboxylic acids is 1. The maximum Gasteiger partial charge on any atom is 0.352 e. The van der Waals surface area contributed by atoms with E-state index >= 15 is 0 Å². The number of ether oxygens (including phenoxy) is 3. The second-order valence-electron chi connectivity index (χ2n) is 11.7. The maximum absolute atomic E-state index is 13.0. The number of rotatable bonds is 10. The Kier molecular flexibility index (Phi) is 9.22. The molecule has 0 amide bonds. The number of hydrogen-bond acceptors (Lipinski definition) is 6. The summed E-state index contributed by atoms with van der Waals surface area (Å²) in [5.41, 5.74) is 5.46. The lowest BCUT2D eigenvalue weighted by atomic mass is 9.98. The summed E-state index contributed by atoms with van der Waals surface area (Å²) in [4.78, 5) is 14.2. The van der Waals surface area contributed by atoms with Crippen LogP contribution in [0.3, 0.4) is 0 Å². The van der Waals surface area contributed by atoms with Crippen LogP contribution in [0.2, 0.25) is 0 Å². The van der Waals surface area contributed by atoms with Gasteiger partial charge in [-0.2, -0.15) is 5.10 Å². The van der Waals surface area contributed by atoms with Gasteiger partial charge in [0.2, 0.25) is 0 Å². The van der Waals surface area contributed by atoms with Crippen LogP contribution in [-0.4, -0.2) is 44.9 Å². The smallest absolute Gasteiger partial charge is 0.352 e. The second-order valence-corrected chi connectivity index (χ2v) is 12.6. The molecule has 7 rings (SSSR count). The van der Waals surface area contributed by atoms with Gasteiger partial charge in [-0.3, -0.25) is 4.68 Å². The number of allylic oxidation sites excluding steroid dienone is 1. The molecule has 48 heavy (non-hydrogen) atoms. The van der Waals surface area contributed by atoms with Gasteiger partial charge in [-0.15, -0.1) is 11.8 Å². The normalized spacial score (nSPS) is 13.6. The molecule has 244 valence electrons. The van der Waals surface area contributed by atoms with Gasteiger partial charge in [0.05, 0.1) is 31.0 Å². The minimum absolute atomic E-state index is 0.251. The van der Waals surface area contributed by atoms with Crippen molar-refractivity contribution in [1.82, 2.24) is 14.3 Å². The predicted molar refractivity (Wildman–Crippen MR) is 190 cm³/mol. The Morgan fingerprint density at radius 2 is 1.75 bits per heavy atom. The third kappa shape index (κ3) is 6.19. The number of aromatic nitrogens is 3. The molecule has 8 nitrogen and oxygen atoms in total. The van der Waals surface area contributed by atoms with E-state index in [0.29, 0.717) is 44.9 Å². The fraction of sp³-hybridized carbons (Fsp3) is 0.231. The van der Waals surface area contributed by atoms with Gasteiger partial charge in [-0.1, -0.05) is 66.7 Å². The Hall–Kier alpha value is -4.99. The largest absolute Gasteiger partial charge is 0.493 e. The van der Waals surface area contributed by atoms with Crippen LogP contribution in [0.5, 0.6) is 11.5 Å². The van der Waals surface area contributed by atoms with Crippen molar-refractivity contribution in [3.05, 3.63) is 120 Å². The summed E-state index contributed by atoms with van der Waals surface area (Å²) in [6, 6.07) is 28.3. The van der Waals surface area contributed by atoms with Crippen LogP contribution >= 0.6 is 11.8 Å². The van der Waals surface area contributed by atoms with E-state index in [-0.39, 0.29) is 6.61 Å². The molecule has 0 atom stereocenters. The molecule has 9 heteroatoms. The van der Waals surface area contributed by atoms with Gasteiger partial charge in [-0.25, -0.2) is 4.79 Å². The number of aryl methyl sites for hydroxylation is 2. The number of hydrogen-bond donors (Lipinski definition) is 1. The molecule has 0 spiro atoms. The number of nitrogens with zero attached hydrogens (tertiary/aromatic N) is 3. The molecule has 2 aromatic heterocycles. The quantitative estimate of drug-likeness (QED) is 0.0900. The lowest BCUT2D eigenvalue weighted by molar-refractivity contribution is 0.0685. The van der Waals surface area contributed by atoms with E-state index in [9.17, 15) is 9.90 Å². The summed E-state index contributed by atoms with van der Waals surface area (Å²) in [6.07, 6.45) is 7.18. The van der Waals surface area contributed by atoms with Crippen molar-refractivity contribution in [1.29, 1.82) is 0 Å². The van der Waals surface area contributed by atoms with E-state index in [4.69, 9.17) is 19.3 Å². The van der Waals surface area contributed by atoms with Gasteiger partial charge >= 0.3 is 5.97 Å². The molecule has 6 aromatic rings. The number of aromatic carboxylic acids is 1. The maximum atomic E-state index is 13.0. The van der Waals surface area contributed by atoms with E-state index < -0.39 is 5.97 Å². The SMILES string of the molecule is CSc1ccc(OCc2nn(C)c3c2-c2cccc4c(CCCOc5cccc6ccccc56)c(C(=O)O)n(c24)C/C=C\COC3)cc1. The van der Waals surface area contributed by atoms with Crippen LogP contribution in [0.15, 0.2) is 102 Å². The van der Waals surface area contributed by atoms with Crippen molar-refractivity contribution >= 4 is 39.4 Å². The molecule has 0 saturated carbocycles. The highest BCUT2D eigenvalue weighted by Gasteiger charge is 2.27. The number of carboxylic acid groups (broad SMARTS) is 1. The highest BCUT2D eigenvalue weighted by atomic mass is 32.2. The van der Waals surface area contributed by atoms with Gasteiger partial charge in [0.1, 0.15) is 29.5 Å². The van der Waals surface area contributed by atoms with E-state index in [1.54, 1.807) is 11.8 Å². The molecule has 3 heterocycles. The lowest BCUT2D eigenvalue weighted by Gasteiger charge is -2.13. The van der Waals surface area contributed by atoms with Crippen LogP contribution in [0.1, 0.15) is 33.9 Å². The minimum atomic E-state index is -0.953. The zero-order chi connectivity index (χ0) is 33.0. The Labute approximate surface area is 283 Å². The molecular weight excluding hydrogens is 623 g/mol. The van der Waals surface area contributed by atoms with E-state index in [1.165, 1.54) is 0 Å². The molecular formula is C39H37N3O5S. The first kappa shape index (κ1) is 31.6. The van der Waals surface area contributed by atoms with Crippen LogP contribution in [0.4, 0.5) is 0 Å². The Morgan fingerprint density at radius 1 is 0.958 bits per heavy atom. The van der Waals surface area contributed by atoms with E-state index in [2.05, 4.69) is 24.3 Å². The van der Waals surface area contributed by atoms with Crippen LogP contribution in [0, 0.1) is 0 Å². The summed E-state index contributed by atoms with van der Waals surface area (Å²) in [7, 11) is 1.91. The lowest BCUT2D eigenvalue weighted by Crippen LogP contribution is -2.11. The van der Waals surface area contributed by atoms with Crippen molar-refractivity contribution in [2.24, 2.45) is 7.05 Å². The number of benzene rings is 4. The summed E-state index contributed by atoms with van der Waals surface area (Å²) in [5, 5.41) is 18.6. The molecule has 0 bridgehead atoms. The highest BCUT2D eigenvalue weighted by molar-refractivity contribution is 7.98. The first-order chi connectivity index (χ1) is 23.5. The van der Waals surface area contributed by atoms with Crippen LogP contribution < -0.4 is 9.47 Å². The predicted octanol–water partition coefficient (Wildman–Crippen LogP) is 8.29. The molecule has 1 aliphatic heterocycles. The molecule has 0 aliphatic carbocycles. The highest BCUT2D eigenvalue weighted by Crippen LogP contribution is 2.39. The molecule has 0 saturated heterocycles. The van der Waals surface area contributed by atoms with E-state index in [0.717, 1.165) is 66.1 Å². The number of fused-ring (bicyclic) bond motifs is 3. The van der Waals surface area contributed by atoms with Gasteiger partial charge in [0, 0.05) is 40.4 Å². The molecule has 0 unspecified atom stereocenters. The Balaban J connectivity index is 1.27. The zero-order valence-electron chi connectivity index (χ0n) is 27.0. The first-order valence-electron chi connectivity index (χ1n) is 16.1. The monoisotopic (exact) mass is 659 g/mol. The summed E-state index contributed by atoms with van der Waals surface area (Å²) in [5.74, 6) is 0.634. The molecule has 1 N–H and O–H groups in total. The third-order valence-corrected chi connectivity index (χ3v) is 9.56. The summed E-state index contributed by atoms with van der Waals surface area (Å²) in [6.45, 7) is 1.87. The minimum Gasteiger partial charge on any atom is -0.493 e. The van der Waals surface area contributed by atoms with Crippen molar-refractivity contribution < 1.29 is 24.1 Å². The van der Waals surface area contributed by atoms with Gasteiger partial charge < -0.3 is 23.9 Å². The number of para-hydroxylation sites is 1. The molecule has 0 fully saturated rings. The van der Waals surface area contributed by atoms with Crippen molar-refractivity contribution in [2.75, 3.05) is 19.5 Å². The van der Waals surface area contributed by atoms with Crippen LogP contribution in [-0.2, 0) is 38.0 Å². The van der Waals surface area contributed by atoms with E-state index in [1.807, 2.05) is 95.4 Å². The van der Waals surface area contributed by atoms with Gasteiger partial charge in [-0.05, 0) is 60.4 Å². The standard InChI is InChI=1S/C39H37N3O5S/c1-41-34-25-45-22-6-5-21-42-37-30(13-8-14-32(37)36(34)33(40-41)24-47-27-17-19-28(48-2)20-18-27)31(38(42)39(43)44)15-9-23-46-35-16-7-11-26-10-3-4-12-29(26)35/h3-8,10-14,16-20H,9,15,21-25H2,1-2H3,(H,43,44)/b6-5-. The second kappa shape index (κ2) is 14.0. The van der Waals surface area contributed by atoms with Crippen LogP contribution in [0.25, 0.3) is 32.8 Å².